The van der Waals surface area contributed by atoms with Crippen molar-refractivity contribution in [2.75, 3.05) is 0 Å². The molecular weight excluding hydrogens is 258 g/mol. The molecule has 3 saturated carbocycles. The zero-order valence-electron chi connectivity index (χ0n) is 13.6. The zero-order chi connectivity index (χ0) is 14.8. The minimum absolute atomic E-state index is 0.0542. The number of fused-ring (bicyclic) bond motifs is 5. The highest BCUT2D eigenvalue weighted by Gasteiger charge is 2.58. The van der Waals surface area contributed by atoms with Gasteiger partial charge in [-0.3, -0.25) is 0 Å². The third kappa shape index (κ3) is 1.84. The van der Waals surface area contributed by atoms with Crippen LogP contribution in [0.3, 0.4) is 0 Å². The van der Waals surface area contributed by atoms with Gasteiger partial charge in [-0.2, -0.15) is 0 Å². The van der Waals surface area contributed by atoms with Crippen molar-refractivity contribution < 1.29 is 5.11 Å². The molecule has 0 spiro atoms. The number of rotatable bonds is 0. The van der Waals surface area contributed by atoms with Gasteiger partial charge in [0.05, 0.1) is 6.10 Å². The van der Waals surface area contributed by atoms with E-state index >= 15 is 0 Å². The predicted molar refractivity (Wildman–Crippen MR) is 85.7 cm³/mol. The molecule has 0 heterocycles. The van der Waals surface area contributed by atoms with E-state index in [0.717, 1.165) is 30.6 Å². The molecule has 2 nitrogen and oxygen atoms in total. The van der Waals surface area contributed by atoms with Gasteiger partial charge in [0.2, 0.25) is 0 Å². The molecule has 3 N–H and O–H groups in total. The van der Waals surface area contributed by atoms with Crippen molar-refractivity contribution in [1.29, 1.82) is 0 Å². The Bertz CT molecular complexity index is 472. The normalized spacial score (nSPS) is 56.2. The fraction of sp³-hybridized carbons (Fsp3) is 0.895. The minimum atomic E-state index is -0.0542. The summed E-state index contributed by atoms with van der Waals surface area (Å²) in [5.41, 5.74) is 8.50. The van der Waals surface area contributed by atoms with E-state index in [0.29, 0.717) is 11.5 Å². The van der Waals surface area contributed by atoms with Crippen LogP contribution in [0, 0.1) is 28.6 Å². The molecule has 0 aromatic heterocycles. The lowest BCUT2D eigenvalue weighted by atomic mass is 9.48. The molecule has 0 amide bonds. The Kier molecular flexibility index (Phi) is 3.11. The van der Waals surface area contributed by atoms with E-state index in [1.807, 2.05) is 0 Å². The summed E-state index contributed by atoms with van der Waals surface area (Å²) in [5, 5.41) is 10.5. The Morgan fingerprint density at radius 1 is 1.10 bits per heavy atom. The Balaban J connectivity index is 1.68. The van der Waals surface area contributed by atoms with Crippen molar-refractivity contribution in [3.05, 3.63) is 11.6 Å². The van der Waals surface area contributed by atoms with Crippen LogP contribution in [0.5, 0.6) is 0 Å². The first kappa shape index (κ1) is 14.3. The maximum atomic E-state index is 10.5. The smallest absolute Gasteiger partial charge is 0.0596 e. The fourth-order valence-corrected chi connectivity index (χ4v) is 6.66. The summed E-state index contributed by atoms with van der Waals surface area (Å²) in [4.78, 5) is 0. The molecule has 4 aliphatic carbocycles. The van der Waals surface area contributed by atoms with E-state index < -0.39 is 0 Å². The second kappa shape index (κ2) is 4.58. The highest BCUT2D eigenvalue weighted by atomic mass is 16.3. The van der Waals surface area contributed by atoms with Crippen molar-refractivity contribution in [2.24, 2.45) is 34.3 Å². The molecule has 0 aliphatic heterocycles. The summed E-state index contributed by atoms with van der Waals surface area (Å²) in [6.07, 6.45) is 12.2. The van der Waals surface area contributed by atoms with Crippen LogP contribution in [0.25, 0.3) is 0 Å². The van der Waals surface area contributed by atoms with E-state index in [4.69, 9.17) is 5.73 Å². The van der Waals surface area contributed by atoms with Gasteiger partial charge in [0.1, 0.15) is 0 Å². The van der Waals surface area contributed by atoms with Crippen LogP contribution >= 0.6 is 0 Å². The second-order valence-electron chi connectivity index (χ2n) is 8.90. The standard InChI is InChI=1S/C19H31NO/c1-18-9-7-13(20)11-12(18)3-4-14-15-5-6-17(21)19(15,2)10-8-16(14)18/h3,13-17,21H,4-11,20H2,1-2H3/t13-,14-,15-,16-,17-,18-,19-/m0/s1. The Morgan fingerprint density at radius 2 is 1.90 bits per heavy atom. The minimum Gasteiger partial charge on any atom is -0.393 e. The van der Waals surface area contributed by atoms with Crippen molar-refractivity contribution in [2.45, 2.75) is 77.4 Å². The lowest BCUT2D eigenvalue weighted by Gasteiger charge is -2.57. The summed E-state index contributed by atoms with van der Waals surface area (Å²) in [6.45, 7) is 4.89. The zero-order valence-corrected chi connectivity index (χ0v) is 13.6. The lowest BCUT2D eigenvalue weighted by Crippen LogP contribution is -2.51. The van der Waals surface area contributed by atoms with Crippen LogP contribution in [0.2, 0.25) is 0 Å². The van der Waals surface area contributed by atoms with Gasteiger partial charge in [0, 0.05) is 6.04 Å². The molecule has 2 heteroatoms. The van der Waals surface area contributed by atoms with Crippen LogP contribution in [0.4, 0.5) is 0 Å². The third-order valence-electron chi connectivity index (χ3n) is 8.09. The molecule has 3 fully saturated rings. The predicted octanol–water partition coefficient (Wildman–Crippen LogP) is 3.64. The van der Waals surface area contributed by atoms with Crippen LogP contribution in [0.1, 0.15) is 65.2 Å². The first-order valence-electron chi connectivity index (χ1n) is 9.08. The molecule has 118 valence electrons. The maximum Gasteiger partial charge on any atom is 0.0596 e. The van der Waals surface area contributed by atoms with Crippen LogP contribution in [-0.4, -0.2) is 17.3 Å². The van der Waals surface area contributed by atoms with Crippen molar-refractivity contribution in [1.82, 2.24) is 0 Å². The molecule has 0 aromatic rings. The number of hydrogen-bond acceptors (Lipinski definition) is 2. The molecule has 7 atom stereocenters. The summed E-state index contributed by atoms with van der Waals surface area (Å²) < 4.78 is 0. The maximum absolute atomic E-state index is 10.5. The number of allylic oxidation sites excluding steroid dienone is 1. The fourth-order valence-electron chi connectivity index (χ4n) is 6.66. The molecule has 4 rings (SSSR count). The lowest BCUT2D eigenvalue weighted by molar-refractivity contribution is -0.0666. The second-order valence-corrected chi connectivity index (χ2v) is 8.90. The van der Waals surface area contributed by atoms with Crippen molar-refractivity contribution >= 4 is 0 Å². The first-order chi connectivity index (χ1) is 9.95. The summed E-state index contributed by atoms with van der Waals surface area (Å²) in [6, 6.07) is 0.392. The van der Waals surface area contributed by atoms with Crippen LogP contribution < -0.4 is 5.73 Å². The molecule has 0 unspecified atom stereocenters. The number of hydrogen-bond donors (Lipinski definition) is 2. The van der Waals surface area contributed by atoms with Gasteiger partial charge in [-0.1, -0.05) is 25.5 Å². The Morgan fingerprint density at radius 3 is 2.71 bits per heavy atom. The molecule has 21 heavy (non-hydrogen) atoms. The number of aliphatic hydroxyl groups is 1. The summed E-state index contributed by atoms with van der Waals surface area (Å²) >= 11 is 0. The van der Waals surface area contributed by atoms with E-state index in [1.54, 1.807) is 5.57 Å². The van der Waals surface area contributed by atoms with Gasteiger partial charge < -0.3 is 10.8 Å². The third-order valence-corrected chi connectivity index (χ3v) is 8.09. The molecule has 0 saturated heterocycles. The molecule has 0 aromatic carbocycles. The van der Waals surface area contributed by atoms with E-state index in [2.05, 4.69) is 19.9 Å². The van der Waals surface area contributed by atoms with Gasteiger partial charge in [-0.25, -0.2) is 0 Å². The summed E-state index contributed by atoms with van der Waals surface area (Å²) in [7, 11) is 0. The molecule has 0 radical (unpaired) electrons. The molecular formula is C19H31NO. The first-order valence-corrected chi connectivity index (χ1v) is 9.08. The average molecular weight is 289 g/mol. The highest BCUT2D eigenvalue weighted by Crippen LogP contribution is 2.64. The quantitative estimate of drug-likeness (QED) is 0.669. The Labute approximate surface area is 129 Å². The monoisotopic (exact) mass is 289 g/mol. The summed E-state index contributed by atoms with van der Waals surface area (Å²) in [5.74, 6) is 2.40. The van der Waals surface area contributed by atoms with Gasteiger partial charge in [0.15, 0.2) is 0 Å². The van der Waals surface area contributed by atoms with Gasteiger partial charge in [0.25, 0.3) is 0 Å². The largest absolute Gasteiger partial charge is 0.393 e. The van der Waals surface area contributed by atoms with E-state index in [-0.39, 0.29) is 11.5 Å². The van der Waals surface area contributed by atoms with Crippen molar-refractivity contribution in [3.63, 3.8) is 0 Å². The number of aliphatic hydroxyl groups excluding tert-OH is 1. The van der Waals surface area contributed by atoms with Gasteiger partial charge >= 0.3 is 0 Å². The molecule has 0 bridgehead atoms. The van der Waals surface area contributed by atoms with Gasteiger partial charge in [-0.05, 0) is 80.0 Å². The van der Waals surface area contributed by atoms with E-state index in [9.17, 15) is 5.11 Å². The SMILES string of the molecule is C[C@]12CC[C@H]3[C@@H](CC=C4C[C@@H](N)CC[C@@]43C)[C@@H]1CC[C@@H]2O. The molecule has 4 aliphatic rings. The van der Waals surface area contributed by atoms with Gasteiger partial charge in [-0.15, -0.1) is 0 Å². The van der Waals surface area contributed by atoms with Crippen LogP contribution in [0.15, 0.2) is 11.6 Å². The van der Waals surface area contributed by atoms with Crippen LogP contribution in [-0.2, 0) is 0 Å². The topological polar surface area (TPSA) is 46.2 Å². The highest BCUT2D eigenvalue weighted by molar-refractivity contribution is 5.25. The number of nitrogens with two attached hydrogens (primary N) is 1. The average Bonchev–Trinajstić information content (AvgIpc) is 2.76. The van der Waals surface area contributed by atoms with Crippen molar-refractivity contribution in [3.8, 4) is 0 Å². The van der Waals surface area contributed by atoms with E-state index in [1.165, 1.54) is 38.5 Å². The Hall–Kier alpha value is -0.340.